The number of hydrogen-bond acceptors (Lipinski definition) is 6. The summed E-state index contributed by atoms with van der Waals surface area (Å²) >= 11 is 1.36. The smallest absolute Gasteiger partial charge is 0.265 e. The van der Waals surface area contributed by atoms with Crippen LogP contribution in [0.1, 0.15) is 39.3 Å². The largest absolute Gasteiger partial charge is 0.376 e. The Morgan fingerprint density at radius 2 is 1.97 bits per heavy atom. The number of ether oxygens (including phenoxy) is 1. The minimum absolute atomic E-state index is 0.000411. The van der Waals surface area contributed by atoms with E-state index in [0.29, 0.717) is 35.7 Å². The third kappa shape index (κ3) is 4.91. The molecule has 3 heterocycles. The fraction of sp³-hybridized carbons (Fsp3) is 0.429. The van der Waals surface area contributed by atoms with Crippen LogP contribution in [0.15, 0.2) is 41.8 Å². The summed E-state index contributed by atoms with van der Waals surface area (Å²) in [5.41, 5.74) is 1.06. The molecule has 2 aromatic rings. The van der Waals surface area contributed by atoms with Gasteiger partial charge < -0.3 is 15.0 Å². The van der Waals surface area contributed by atoms with E-state index in [4.69, 9.17) is 4.74 Å². The topological polar surface area (TPSA) is 92.8 Å². The molecule has 1 aromatic heterocycles. The van der Waals surface area contributed by atoms with Crippen molar-refractivity contribution in [3.05, 3.63) is 52.2 Å². The predicted molar refractivity (Wildman–Crippen MR) is 116 cm³/mol. The first-order valence-electron chi connectivity index (χ1n) is 9.99. The van der Waals surface area contributed by atoms with Gasteiger partial charge >= 0.3 is 0 Å². The minimum Gasteiger partial charge on any atom is -0.376 e. The Hall–Kier alpha value is -2.23. The zero-order valence-corrected chi connectivity index (χ0v) is 18.1. The number of amides is 2. The first kappa shape index (κ1) is 21.0. The molecule has 2 amide bonds. The van der Waals surface area contributed by atoms with Gasteiger partial charge in [0.15, 0.2) is 9.84 Å². The maximum atomic E-state index is 13.2. The summed E-state index contributed by atoms with van der Waals surface area (Å²) < 4.78 is 29.6. The van der Waals surface area contributed by atoms with Gasteiger partial charge in [-0.1, -0.05) is 6.07 Å². The van der Waals surface area contributed by atoms with Crippen molar-refractivity contribution in [1.29, 1.82) is 0 Å². The van der Waals surface area contributed by atoms with Gasteiger partial charge in [-0.25, -0.2) is 8.42 Å². The second kappa shape index (κ2) is 8.87. The van der Waals surface area contributed by atoms with Crippen LogP contribution in [0.3, 0.4) is 0 Å². The lowest BCUT2D eigenvalue weighted by molar-refractivity contribution is 0.0441. The van der Waals surface area contributed by atoms with Crippen LogP contribution in [0.25, 0.3) is 0 Å². The van der Waals surface area contributed by atoms with E-state index in [-0.39, 0.29) is 35.5 Å². The second-order valence-electron chi connectivity index (χ2n) is 7.66. The molecule has 0 radical (unpaired) electrons. The lowest BCUT2D eigenvalue weighted by atomic mass is 10.1. The van der Waals surface area contributed by atoms with Gasteiger partial charge in [0.2, 0.25) is 0 Å². The van der Waals surface area contributed by atoms with Gasteiger partial charge in [0.1, 0.15) is 0 Å². The van der Waals surface area contributed by atoms with Crippen LogP contribution in [-0.2, 0) is 14.6 Å². The molecule has 160 valence electrons. The molecule has 2 fully saturated rings. The van der Waals surface area contributed by atoms with E-state index < -0.39 is 9.84 Å². The summed E-state index contributed by atoms with van der Waals surface area (Å²) in [5, 5.41) is 4.65. The molecule has 1 aromatic carbocycles. The average Bonchev–Trinajstić information content (AvgIpc) is 3.48. The minimum atomic E-state index is -3.11. The fourth-order valence-electron chi connectivity index (χ4n) is 3.89. The van der Waals surface area contributed by atoms with Crippen molar-refractivity contribution in [3.8, 4) is 0 Å². The number of nitrogens with zero attached hydrogens (tertiary/aromatic N) is 1. The van der Waals surface area contributed by atoms with Crippen LogP contribution >= 0.6 is 11.3 Å². The Labute approximate surface area is 180 Å². The summed E-state index contributed by atoms with van der Waals surface area (Å²) in [5.74, 6) is -0.287. The van der Waals surface area contributed by atoms with Crippen LogP contribution in [-0.4, -0.2) is 61.9 Å². The highest BCUT2D eigenvalue weighted by molar-refractivity contribution is 7.91. The maximum Gasteiger partial charge on any atom is 0.265 e. The van der Waals surface area contributed by atoms with Crippen molar-refractivity contribution < 1.29 is 22.7 Å². The molecule has 7 nitrogen and oxygen atoms in total. The highest BCUT2D eigenvalue weighted by atomic mass is 32.2. The SMILES string of the molecule is O=C(Nc1ccc(C(=O)N(C[C@H]2CCCO2)[C@@H]2CCS(=O)(=O)C2)cc1)c1cccs1. The molecular weight excluding hydrogens is 424 g/mol. The molecule has 0 saturated carbocycles. The first-order chi connectivity index (χ1) is 14.4. The molecule has 1 N–H and O–H groups in total. The molecule has 2 aliphatic heterocycles. The summed E-state index contributed by atoms with van der Waals surface area (Å²) in [4.78, 5) is 27.7. The Kier molecular flexibility index (Phi) is 6.21. The number of carbonyl (C=O) groups excluding carboxylic acids is 2. The molecule has 9 heteroatoms. The Morgan fingerprint density at radius 3 is 2.57 bits per heavy atom. The third-order valence-electron chi connectivity index (χ3n) is 5.47. The predicted octanol–water partition coefficient (Wildman–Crippen LogP) is 2.81. The van der Waals surface area contributed by atoms with Crippen molar-refractivity contribution in [2.24, 2.45) is 0 Å². The molecule has 30 heavy (non-hydrogen) atoms. The molecule has 0 unspecified atom stereocenters. The van der Waals surface area contributed by atoms with Crippen LogP contribution in [0.5, 0.6) is 0 Å². The first-order valence-corrected chi connectivity index (χ1v) is 12.7. The number of carbonyl (C=O) groups is 2. The normalized spacial score (nSPS) is 22.7. The van der Waals surface area contributed by atoms with Gasteiger partial charge in [0.05, 0.1) is 22.5 Å². The van der Waals surface area contributed by atoms with Crippen LogP contribution in [0.2, 0.25) is 0 Å². The lowest BCUT2D eigenvalue weighted by Gasteiger charge is -2.30. The van der Waals surface area contributed by atoms with E-state index in [1.54, 1.807) is 35.2 Å². The molecule has 0 bridgehead atoms. The second-order valence-corrected chi connectivity index (χ2v) is 10.8. The maximum absolute atomic E-state index is 13.2. The van der Waals surface area contributed by atoms with Gasteiger partial charge in [0.25, 0.3) is 11.8 Å². The summed E-state index contributed by atoms with van der Waals surface area (Å²) in [6.07, 6.45) is 2.22. The zero-order chi connectivity index (χ0) is 21.1. The van der Waals surface area contributed by atoms with Crippen molar-refractivity contribution in [3.63, 3.8) is 0 Å². The quantitative estimate of drug-likeness (QED) is 0.734. The summed E-state index contributed by atoms with van der Waals surface area (Å²) in [6.45, 7) is 1.07. The Bertz CT molecular complexity index is 997. The molecule has 0 aliphatic carbocycles. The highest BCUT2D eigenvalue weighted by Crippen LogP contribution is 2.24. The van der Waals surface area contributed by atoms with Crippen molar-refractivity contribution in [1.82, 2.24) is 4.90 Å². The molecule has 2 saturated heterocycles. The zero-order valence-electron chi connectivity index (χ0n) is 16.5. The lowest BCUT2D eigenvalue weighted by Crippen LogP contribution is -2.45. The number of thiophene rings is 1. The Balaban J connectivity index is 1.48. The van der Waals surface area contributed by atoms with Crippen molar-refractivity contribution in [2.45, 2.75) is 31.4 Å². The van der Waals surface area contributed by atoms with Gasteiger partial charge in [-0.3, -0.25) is 9.59 Å². The van der Waals surface area contributed by atoms with E-state index in [0.717, 1.165) is 12.8 Å². The van der Waals surface area contributed by atoms with Crippen LogP contribution < -0.4 is 5.32 Å². The van der Waals surface area contributed by atoms with Gasteiger partial charge in [-0.15, -0.1) is 11.3 Å². The molecule has 4 rings (SSSR count). The highest BCUT2D eigenvalue weighted by Gasteiger charge is 2.36. The molecule has 0 spiro atoms. The molecule has 2 aliphatic rings. The fourth-order valence-corrected chi connectivity index (χ4v) is 6.24. The molecule has 2 atom stereocenters. The third-order valence-corrected chi connectivity index (χ3v) is 8.09. The number of nitrogens with one attached hydrogen (secondary N) is 1. The van der Waals surface area contributed by atoms with E-state index in [1.165, 1.54) is 11.3 Å². The van der Waals surface area contributed by atoms with Crippen LogP contribution in [0, 0.1) is 0 Å². The number of hydrogen-bond donors (Lipinski definition) is 1. The Morgan fingerprint density at radius 1 is 1.17 bits per heavy atom. The number of sulfone groups is 1. The van der Waals surface area contributed by atoms with Gasteiger partial charge in [0, 0.05) is 30.4 Å². The number of anilines is 1. The monoisotopic (exact) mass is 448 g/mol. The van der Waals surface area contributed by atoms with Gasteiger partial charge in [-0.2, -0.15) is 0 Å². The number of benzene rings is 1. The van der Waals surface area contributed by atoms with E-state index in [2.05, 4.69) is 5.32 Å². The summed E-state index contributed by atoms with van der Waals surface area (Å²) in [7, 11) is -3.11. The van der Waals surface area contributed by atoms with Crippen molar-refractivity contribution >= 4 is 38.7 Å². The van der Waals surface area contributed by atoms with Crippen molar-refractivity contribution in [2.75, 3.05) is 30.0 Å². The van der Waals surface area contributed by atoms with E-state index in [1.807, 2.05) is 11.4 Å². The average molecular weight is 449 g/mol. The van der Waals surface area contributed by atoms with Gasteiger partial charge in [-0.05, 0) is 55.0 Å². The number of rotatable bonds is 6. The van der Waals surface area contributed by atoms with E-state index >= 15 is 0 Å². The summed E-state index contributed by atoms with van der Waals surface area (Å²) in [6, 6.07) is 9.94. The van der Waals surface area contributed by atoms with E-state index in [9.17, 15) is 18.0 Å². The molecular formula is C21H24N2O5S2. The standard InChI is InChI=1S/C21H24N2O5S2/c24-20(19-4-2-11-29-19)22-16-7-5-15(6-8-16)21(25)23(13-18-3-1-10-28-18)17-9-12-30(26,27)14-17/h2,4-8,11,17-18H,1,3,9-10,12-14H2,(H,22,24)/t17-,18-/m1/s1. The van der Waals surface area contributed by atoms with Crippen LogP contribution in [0.4, 0.5) is 5.69 Å².